The number of aromatic nitrogens is 3. The van der Waals surface area contributed by atoms with Gasteiger partial charge in [0.25, 0.3) is 5.91 Å². The van der Waals surface area contributed by atoms with Crippen molar-refractivity contribution in [2.75, 3.05) is 12.4 Å². The lowest BCUT2D eigenvalue weighted by Crippen LogP contribution is -2.22. The molecule has 0 aliphatic carbocycles. The number of nitrogens with one attached hydrogen (secondary N) is 2. The van der Waals surface area contributed by atoms with E-state index < -0.39 is 24.0 Å². The maximum Gasteiger partial charge on any atom is 0.435 e. The third-order valence-electron chi connectivity index (χ3n) is 4.90. The van der Waals surface area contributed by atoms with Crippen molar-refractivity contribution in [1.29, 1.82) is 0 Å². The van der Waals surface area contributed by atoms with Crippen LogP contribution in [-0.4, -0.2) is 32.8 Å². The highest BCUT2D eigenvalue weighted by Crippen LogP contribution is 2.33. The highest BCUT2D eigenvalue weighted by atomic mass is 35.5. The Balaban J connectivity index is 1.81. The number of aliphatic hydroxyl groups is 1. The van der Waals surface area contributed by atoms with E-state index >= 15 is 0 Å². The summed E-state index contributed by atoms with van der Waals surface area (Å²) in [6, 6.07) is 14.1. The Kier molecular flexibility index (Phi) is 5.96. The SMILES string of the molecule is CNC(=O)c1cc2ccccc2cc1NC(O)c1cc(C(F)(F)F)nn1-c1ncccc1Cl. The molecule has 3 N–H and O–H groups in total. The predicted molar refractivity (Wildman–Crippen MR) is 117 cm³/mol. The number of halogens is 4. The lowest BCUT2D eigenvalue weighted by molar-refractivity contribution is -0.141. The Hall–Kier alpha value is -3.63. The number of amides is 1. The molecular weight excluding hydrogens is 459 g/mol. The third-order valence-corrected chi connectivity index (χ3v) is 5.19. The van der Waals surface area contributed by atoms with E-state index in [1.54, 1.807) is 24.3 Å². The average molecular weight is 476 g/mol. The van der Waals surface area contributed by atoms with Crippen molar-refractivity contribution in [2.24, 2.45) is 0 Å². The largest absolute Gasteiger partial charge is 0.435 e. The number of carbonyl (C=O) groups is 1. The number of nitrogens with zero attached hydrogens (tertiary/aromatic N) is 3. The number of alkyl halides is 3. The number of fused-ring (bicyclic) bond motifs is 1. The number of anilines is 1. The van der Waals surface area contributed by atoms with Gasteiger partial charge in [0, 0.05) is 18.9 Å². The maximum atomic E-state index is 13.4. The summed E-state index contributed by atoms with van der Waals surface area (Å²) in [5, 5.41) is 21.3. The van der Waals surface area contributed by atoms with Crippen molar-refractivity contribution in [3.8, 4) is 5.82 Å². The fourth-order valence-corrected chi connectivity index (χ4v) is 3.54. The smallest absolute Gasteiger partial charge is 0.368 e. The normalized spacial score (nSPS) is 12.5. The number of benzene rings is 2. The van der Waals surface area contributed by atoms with Crippen molar-refractivity contribution in [3.63, 3.8) is 0 Å². The first-order valence-electron chi connectivity index (χ1n) is 9.66. The van der Waals surface area contributed by atoms with Crippen LogP contribution in [0.2, 0.25) is 5.02 Å². The molecule has 0 saturated heterocycles. The molecule has 1 unspecified atom stereocenters. The second kappa shape index (κ2) is 8.72. The Morgan fingerprint density at radius 3 is 2.45 bits per heavy atom. The van der Waals surface area contributed by atoms with Crippen LogP contribution in [0.25, 0.3) is 16.6 Å². The van der Waals surface area contributed by atoms with Gasteiger partial charge in [-0.05, 0) is 41.1 Å². The van der Waals surface area contributed by atoms with Gasteiger partial charge in [-0.3, -0.25) is 4.79 Å². The molecule has 2 aromatic carbocycles. The molecule has 4 rings (SSSR count). The highest BCUT2D eigenvalue weighted by molar-refractivity contribution is 6.32. The van der Waals surface area contributed by atoms with Gasteiger partial charge in [-0.25, -0.2) is 9.67 Å². The second-order valence-corrected chi connectivity index (χ2v) is 7.45. The van der Waals surface area contributed by atoms with Crippen LogP contribution in [0.5, 0.6) is 0 Å². The monoisotopic (exact) mass is 475 g/mol. The summed E-state index contributed by atoms with van der Waals surface area (Å²) in [6.07, 6.45) is -5.11. The Morgan fingerprint density at radius 1 is 1.12 bits per heavy atom. The molecule has 7 nitrogen and oxygen atoms in total. The van der Waals surface area contributed by atoms with Crippen molar-refractivity contribution in [1.82, 2.24) is 20.1 Å². The summed E-state index contributed by atoms with van der Waals surface area (Å²) in [6.45, 7) is 0. The highest BCUT2D eigenvalue weighted by Gasteiger charge is 2.36. The minimum atomic E-state index is -4.77. The van der Waals surface area contributed by atoms with Crippen LogP contribution in [-0.2, 0) is 6.18 Å². The van der Waals surface area contributed by atoms with E-state index in [2.05, 4.69) is 20.7 Å². The minimum Gasteiger partial charge on any atom is -0.368 e. The van der Waals surface area contributed by atoms with Gasteiger partial charge in [-0.1, -0.05) is 35.9 Å². The zero-order chi connectivity index (χ0) is 23.8. The lowest BCUT2D eigenvalue weighted by Gasteiger charge is -2.19. The minimum absolute atomic E-state index is 0.0412. The van der Waals surface area contributed by atoms with Crippen LogP contribution >= 0.6 is 11.6 Å². The van der Waals surface area contributed by atoms with E-state index in [1.807, 2.05) is 12.1 Å². The van der Waals surface area contributed by atoms with Crippen molar-refractivity contribution < 1.29 is 23.1 Å². The number of rotatable bonds is 5. The van der Waals surface area contributed by atoms with Gasteiger partial charge >= 0.3 is 6.18 Å². The molecule has 1 atom stereocenters. The molecule has 11 heteroatoms. The van der Waals surface area contributed by atoms with Gasteiger partial charge in [0.05, 0.1) is 16.3 Å². The van der Waals surface area contributed by atoms with Gasteiger partial charge in [-0.2, -0.15) is 18.3 Å². The van der Waals surface area contributed by atoms with E-state index in [0.29, 0.717) is 6.07 Å². The van der Waals surface area contributed by atoms with E-state index in [9.17, 15) is 23.1 Å². The molecule has 4 aromatic rings. The number of carbonyl (C=O) groups excluding carboxylic acids is 1. The first-order chi connectivity index (χ1) is 15.7. The van der Waals surface area contributed by atoms with E-state index in [4.69, 9.17) is 11.6 Å². The fourth-order valence-electron chi connectivity index (χ4n) is 3.34. The van der Waals surface area contributed by atoms with Crippen molar-refractivity contribution >= 4 is 34.0 Å². The Morgan fingerprint density at radius 2 is 1.82 bits per heavy atom. The predicted octanol–water partition coefficient (Wildman–Crippen LogP) is 4.56. The third kappa shape index (κ3) is 4.48. The van der Waals surface area contributed by atoms with Gasteiger partial charge in [0.1, 0.15) is 0 Å². The Labute approximate surface area is 190 Å². The van der Waals surface area contributed by atoms with E-state index in [-0.39, 0.29) is 27.8 Å². The van der Waals surface area contributed by atoms with E-state index in [1.165, 1.54) is 25.4 Å². The second-order valence-electron chi connectivity index (χ2n) is 7.04. The summed E-state index contributed by atoms with van der Waals surface area (Å²) in [7, 11) is 1.45. The topological polar surface area (TPSA) is 92.1 Å². The number of hydrogen-bond donors (Lipinski definition) is 3. The van der Waals surface area contributed by atoms with Gasteiger partial charge in [0.15, 0.2) is 17.7 Å². The summed E-state index contributed by atoms with van der Waals surface area (Å²) in [4.78, 5) is 16.4. The lowest BCUT2D eigenvalue weighted by atomic mass is 10.0. The molecule has 1 amide bonds. The molecule has 0 fully saturated rings. The van der Waals surface area contributed by atoms with Gasteiger partial charge < -0.3 is 15.7 Å². The van der Waals surface area contributed by atoms with Gasteiger partial charge in [-0.15, -0.1) is 0 Å². The molecule has 0 bridgehead atoms. The molecule has 2 aromatic heterocycles. The van der Waals surface area contributed by atoms with Crippen LogP contribution < -0.4 is 10.6 Å². The summed E-state index contributed by atoms with van der Waals surface area (Å²) < 4.78 is 41.0. The molecule has 0 aliphatic heterocycles. The number of aliphatic hydroxyl groups excluding tert-OH is 1. The maximum absolute atomic E-state index is 13.4. The zero-order valence-electron chi connectivity index (χ0n) is 17.1. The van der Waals surface area contributed by atoms with Crippen LogP contribution in [0.3, 0.4) is 0 Å². The Bertz CT molecular complexity index is 1340. The molecular formula is C22H17ClF3N5O2. The zero-order valence-corrected chi connectivity index (χ0v) is 17.8. The molecule has 170 valence electrons. The van der Waals surface area contributed by atoms with Gasteiger partial charge in [0.2, 0.25) is 0 Å². The first-order valence-corrected chi connectivity index (χ1v) is 10.0. The molecule has 0 saturated carbocycles. The molecule has 0 aliphatic rings. The van der Waals surface area contributed by atoms with Crippen molar-refractivity contribution in [3.05, 3.63) is 82.8 Å². The standard InChI is InChI=1S/C22H17ClF3N5O2/c1-27-20(32)14-9-12-5-2-3-6-13(12)10-16(14)29-21(33)17-11-18(22(24,25)26)30-31(17)19-15(23)7-4-8-28-19/h2-11,21,29,33H,1H3,(H,27,32). The number of hydrogen-bond acceptors (Lipinski definition) is 5. The molecule has 33 heavy (non-hydrogen) atoms. The molecule has 0 spiro atoms. The quantitative estimate of drug-likeness (QED) is 0.368. The molecule has 0 radical (unpaired) electrons. The fraction of sp³-hybridized carbons (Fsp3) is 0.136. The average Bonchev–Trinajstić information content (AvgIpc) is 3.24. The summed E-state index contributed by atoms with van der Waals surface area (Å²) in [5.74, 6) is -0.525. The first kappa shape index (κ1) is 22.6. The van der Waals surface area contributed by atoms with Crippen LogP contribution in [0.1, 0.15) is 28.0 Å². The molecule has 2 heterocycles. The van der Waals surface area contributed by atoms with E-state index in [0.717, 1.165) is 15.5 Å². The number of pyridine rings is 1. The summed E-state index contributed by atoms with van der Waals surface area (Å²) in [5.41, 5.74) is -1.08. The van der Waals surface area contributed by atoms with Crippen LogP contribution in [0.4, 0.5) is 18.9 Å². The van der Waals surface area contributed by atoms with Crippen LogP contribution in [0, 0.1) is 0 Å². The van der Waals surface area contributed by atoms with Crippen molar-refractivity contribution in [2.45, 2.75) is 12.4 Å². The summed E-state index contributed by atoms with van der Waals surface area (Å²) >= 11 is 6.11. The van der Waals surface area contributed by atoms with Crippen LogP contribution in [0.15, 0.2) is 60.8 Å².